The average molecular weight is 332 g/mol. The van der Waals surface area contributed by atoms with Crippen molar-refractivity contribution < 1.29 is 14.3 Å². The van der Waals surface area contributed by atoms with Crippen LogP contribution in [-0.2, 0) is 4.79 Å². The lowest BCUT2D eigenvalue weighted by atomic mass is 10.2. The molecule has 23 heavy (non-hydrogen) atoms. The third-order valence-corrected chi connectivity index (χ3v) is 3.28. The van der Waals surface area contributed by atoms with E-state index < -0.39 is 0 Å². The molecule has 0 aromatic heterocycles. The Balaban J connectivity index is 1.73. The van der Waals surface area contributed by atoms with Crippen molar-refractivity contribution in [2.75, 3.05) is 20.3 Å². The Morgan fingerprint density at radius 2 is 1.83 bits per heavy atom. The van der Waals surface area contributed by atoms with Gasteiger partial charge in [-0.2, -0.15) is 0 Å². The Morgan fingerprint density at radius 3 is 2.52 bits per heavy atom. The van der Waals surface area contributed by atoms with E-state index in [1.165, 1.54) is 6.08 Å². The molecular weight excluding hydrogens is 314 g/mol. The summed E-state index contributed by atoms with van der Waals surface area (Å²) in [6.45, 7) is 0.767. The number of carbonyl (C=O) groups excluding carboxylic acids is 1. The van der Waals surface area contributed by atoms with Crippen LogP contribution in [0.1, 0.15) is 5.56 Å². The van der Waals surface area contributed by atoms with Gasteiger partial charge in [0.2, 0.25) is 5.91 Å². The van der Waals surface area contributed by atoms with E-state index in [4.69, 9.17) is 21.1 Å². The van der Waals surface area contributed by atoms with Gasteiger partial charge in [-0.25, -0.2) is 0 Å². The van der Waals surface area contributed by atoms with Crippen molar-refractivity contribution in [2.45, 2.75) is 0 Å². The molecule has 0 aliphatic heterocycles. The van der Waals surface area contributed by atoms with Crippen LogP contribution in [0.4, 0.5) is 0 Å². The predicted molar refractivity (Wildman–Crippen MR) is 92.0 cm³/mol. The highest BCUT2D eigenvalue weighted by atomic mass is 35.5. The van der Waals surface area contributed by atoms with Crippen molar-refractivity contribution in [2.24, 2.45) is 0 Å². The molecule has 1 N–H and O–H groups in total. The van der Waals surface area contributed by atoms with E-state index in [9.17, 15) is 4.79 Å². The van der Waals surface area contributed by atoms with Crippen molar-refractivity contribution in [1.82, 2.24) is 5.32 Å². The zero-order valence-corrected chi connectivity index (χ0v) is 13.5. The predicted octanol–water partition coefficient (Wildman–Crippen LogP) is 3.56. The topological polar surface area (TPSA) is 47.6 Å². The summed E-state index contributed by atoms with van der Waals surface area (Å²) < 4.78 is 10.8. The first-order valence-corrected chi connectivity index (χ1v) is 7.54. The Bertz CT molecular complexity index is 668. The van der Waals surface area contributed by atoms with Crippen LogP contribution in [0.3, 0.4) is 0 Å². The van der Waals surface area contributed by atoms with E-state index >= 15 is 0 Å². The number of methoxy groups -OCH3 is 1. The summed E-state index contributed by atoms with van der Waals surface area (Å²) in [5, 5.41) is 3.42. The molecular formula is C18H18ClNO3. The van der Waals surface area contributed by atoms with Gasteiger partial charge in [0.15, 0.2) is 11.5 Å². The fraction of sp³-hybridized carbons (Fsp3) is 0.167. The third-order valence-electron chi connectivity index (χ3n) is 3.03. The van der Waals surface area contributed by atoms with Crippen molar-refractivity contribution >= 4 is 23.6 Å². The first kappa shape index (κ1) is 16.9. The number of para-hydroxylation sites is 2. The second kappa shape index (κ2) is 8.86. The van der Waals surface area contributed by atoms with E-state index in [1.807, 2.05) is 36.4 Å². The highest BCUT2D eigenvalue weighted by molar-refractivity contribution is 6.30. The van der Waals surface area contributed by atoms with Gasteiger partial charge in [-0.05, 0) is 35.9 Å². The average Bonchev–Trinajstić information content (AvgIpc) is 2.58. The first-order valence-electron chi connectivity index (χ1n) is 7.16. The lowest BCUT2D eigenvalue weighted by Gasteiger charge is -2.10. The summed E-state index contributed by atoms with van der Waals surface area (Å²) in [4.78, 5) is 11.7. The molecule has 0 bridgehead atoms. The van der Waals surface area contributed by atoms with Crippen molar-refractivity contribution in [3.63, 3.8) is 0 Å². The molecule has 1 amide bonds. The zero-order chi connectivity index (χ0) is 16.5. The molecule has 2 aromatic rings. The van der Waals surface area contributed by atoms with Crippen LogP contribution in [0.15, 0.2) is 54.6 Å². The minimum absolute atomic E-state index is 0.177. The molecule has 0 saturated heterocycles. The highest BCUT2D eigenvalue weighted by Crippen LogP contribution is 2.25. The first-order chi connectivity index (χ1) is 11.2. The van der Waals surface area contributed by atoms with Gasteiger partial charge in [0.05, 0.1) is 13.7 Å². The van der Waals surface area contributed by atoms with Crippen molar-refractivity contribution in [1.29, 1.82) is 0 Å². The van der Waals surface area contributed by atoms with E-state index in [0.717, 1.165) is 5.56 Å². The maximum absolute atomic E-state index is 11.7. The van der Waals surface area contributed by atoms with Gasteiger partial charge < -0.3 is 14.8 Å². The number of nitrogens with one attached hydrogen (secondary N) is 1. The molecule has 120 valence electrons. The summed E-state index contributed by atoms with van der Waals surface area (Å²) in [7, 11) is 1.59. The van der Waals surface area contributed by atoms with Crippen molar-refractivity contribution in [3.8, 4) is 11.5 Å². The maximum Gasteiger partial charge on any atom is 0.244 e. The molecule has 0 fully saturated rings. The van der Waals surface area contributed by atoms with Crippen LogP contribution in [0.5, 0.6) is 11.5 Å². The van der Waals surface area contributed by atoms with Gasteiger partial charge in [-0.1, -0.05) is 35.9 Å². The molecule has 0 saturated carbocycles. The van der Waals surface area contributed by atoms with E-state index in [0.29, 0.717) is 29.7 Å². The number of hydrogen-bond acceptors (Lipinski definition) is 3. The summed E-state index contributed by atoms with van der Waals surface area (Å²) in [5.41, 5.74) is 0.912. The molecule has 0 atom stereocenters. The standard InChI is InChI=1S/C18H18ClNO3/c1-22-16-4-2-3-5-17(16)23-13-12-20-18(21)11-8-14-6-9-15(19)10-7-14/h2-11H,12-13H2,1H3,(H,20,21)/b11-8+. The SMILES string of the molecule is COc1ccccc1OCCNC(=O)/C=C/c1ccc(Cl)cc1. The fourth-order valence-electron chi connectivity index (χ4n) is 1.88. The number of amides is 1. The van der Waals surface area contributed by atoms with Gasteiger partial charge in [0.25, 0.3) is 0 Å². The minimum atomic E-state index is -0.177. The Kier molecular flexibility index (Phi) is 6.51. The second-order valence-corrected chi connectivity index (χ2v) is 5.11. The lowest BCUT2D eigenvalue weighted by Crippen LogP contribution is -2.26. The molecule has 2 aromatic carbocycles. The number of halogens is 1. The summed E-state index contributed by atoms with van der Waals surface area (Å²) in [5.74, 6) is 1.14. The molecule has 5 heteroatoms. The number of hydrogen-bond donors (Lipinski definition) is 1. The van der Waals surface area contributed by atoms with Gasteiger partial charge in [-0.15, -0.1) is 0 Å². The Morgan fingerprint density at radius 1 is 1.13 bits per heavy atom. The zero-order valence-electron chi connectivity index (χ0n) is 12.8. The smallest absolute Gasteiger partial charge is 0.244 e. The van der Waals surface area contributed by atoms with Crippen LogP contribution < -0.4 is 14.8 Å². The quantitative estimate of drug-likeness (QED) is 0.623. The van der Waals surface area contributed by atoms with Gasteiger partial charge in [0, 0.05) is 11.1 Å². The normalized spacial score (nSPS) is 10.5. The molecule has 0 spiro atoms. The fourth-order valence-corrected chi connectivity index (χ4v) is 2.00. The molecule has 0 aliphatic rings. The molecule has 0 heterocycles. The molecule has 0 unspecified atom stereocenters. The van der Waals surface area contributed by atoms with E-state index in [-0.39, 0.29) is 5.91 Å². The second-order valence-electron chi connectivity index (χ2n) is 4.68. The molecule has 0 radical (unpaired) electrons. The van der Waals surface area contributed by atoms with Gasteiger partial charge in [0.1, 0.15) is 6.61 Å². The number of ether oxygens (including phenoxy) is 2. The summed E-state index contributed by atoms with van der Waals surface area (Å²) in [6, 6.07) is 14.6. The summed E-state index contributed by atoms with van der Waals surface area (Å²) >= 11 is 5.80. The third kappa shape index (κ3) is 5.68. The Labute approximate surface area is 140 Å². The number of rotatable bonds is 7. The van der Waals surface area contributed by atoms with Crippen LogP contribution in [0.25, 0.3) is 6.08 Å². The van der Waals surface area contributed by atoms with Gasteiger partial charge in [-0.3, -0.25) is 4.79 Å². The van der Waals surface area contributed by atoms with Crippen molar-refractivity contribution in [3.05, 3.63) is 65.2 Å². The Hall–Kier alpha value is -2.46. The monoisotopic (exact) mass is 331 g/mol. The molecule has 4 nitrogen and oxygen atoms in total. The van der Waals surface area contributed by atoms with Crippen LogP contribution >= 0.6 is 11.6 Å². The maximum atomic E-state index is 11.7. The van der Waals surface area contributed by atoms with Gasteiger partial charge >= 0.3 is 0 Å². The molecule has 2 rings (SSSR count). The van der Waals surface area contributed by atoms with E-state index in [1.54, 1.807) is 25.3 Å². The van der Waals surface area contributed by atoms with E-state index in [2.05, 4.69) is 5.32 Å². The molecule has 0 aliphatic carbocycles. The van der Waals surface area contributed by atoms with Crippen LogP contribution in [-0.4, -0.2) is 26.2 Å². The van der Waals surface area contributed by atoms with Crippen LogP contribution in [0, 0.1) is 0 Å². The summed E-state index contributed by atoms with van der Waals surface area (Å²) in [6.07, 6.45) is 3.21. The van der Waals surface area contributed by atoms with Crippen LogP contribution in [0.2, 0.25) is 5.02 Å². The number of benzene rings is 2. The highest BCUT2D eigenvalue weighted by Gasteiger charge is 2.02. The minimum Gasteiger partial charge on any atom is -0.493 e. The number of carbonyl (C=O) groups is 1. The largest absolute Gasteiger partial charge is 0.493 e. The lowest BCUT2D eigenvalue weighted by molar-refractivity contribution is -0.116.